The second kappa shape index (κ2) is 7.96. The van der Waals surface area contributed by atoms with Crippen LogP contribution in [0.1, 0.15) is 41.9 Å². The lowest BCUT2D eigenvalue weighted by molar-refractivity contribution is 0.0909. The predicted molar refractivity (Wildman–Crippen MR) is 125 cm³/mol. The summed E-state index contributed by atoms with van der Waals surface area (Å²) in [6, 6.07) is 14.1. The lowest BCUT2D eigenvalue weighted by Gasteiger charge is -2.33. The fraction of sp³-hybridized carbons (Fsp3) is 0.208. The molecule has 4 rings (SSSR count). The molecular weight excluding hydrogens is 462 g/mol. The fourth-order valence-corrected chi connectivity index (χ4v) is 4.94. The van der Waals surface area contributed by atoms with Crippen LogP contribution in [0.4, 0.5) is 0 Å². The molecule has 1 aromatic heterocycles. The smallest absolute Gasteiger partial charge is 0.273 e. The first-order valence-electron chi connectivity index (χ1n) is 10.1. The normalized spacial score (nSPS) is 15.1. The third kappa shape index (κ3) is 4.11. The highest BCUT2D eigenvalue weighted by molar-refractivity contribution is 7.89. The zero-order valence-corrected chi connectivity index (χ0v) is 19.5. The number of nitrogens with two attached hydrogens (primary N) is 1. The lowest BCUT2D eigenvalue weighted by atomic mass is 9.73. The number of sulfonamides is 1. The summed E-state index contributed by atoms with van der Waals surface area (Å²) in [4.78, 5) is 26.8. The van der Waals surface area contributed by atoms with E-state index in [9.17, 15) is 23.3 Å². The third-order valence-electron chi connectivity index (χ3n) is 5.71. The van der Waals surface area contributed by atoms with E-state index in [0.717, 1.165) is 0 Å². The third-order valence-corrected chi connectivity index (χ3v) is 6.89. The number of carbonyl (C=O) groups is 1. The topological polar surface area (TPSA) is 123 Å². The van der Waals surface area contributed by atoms with Gasteiger partial charge in [-0.15, -0.1) is 0 Å². The molecular formula is C24H20ClN3O4S. The van der Waals surface area contributed by atoms with E-state index in [1.54, 1.807) is 24.3 Å². The predicted octanol–water partition coefficient (Wildman–Crippen LogP) is 3.83. The van der Waals surface area contributed by atoms with Crippen molar-refractivity contribution in [2.45, 2.75) is 31.6 Å². The number of fused-ring (bicyclic) bond motifs is 1. The van der Waals surface area contributed by atoms with Gasteiger partial charge in [-0.3, -0.25) is 14.2 Å². The number of ketones is 1. The number of hydrogen-bond acceptors (Lipinski definition) is 5. The Hall–Kier alpha value is -3.25. The summed E-state index contributed by atoms with van der Waals surface area (Å²) in [5.41, 5.74) is 0.825. The molecule has 7 nitrogen and oxygen atoms in total. The number of halogens is 1. The maximum absolute atomic E-state index is 13.6. The van der Waals surface area contributed by atoms with E-state index in [4.69, 9.17) is 16.7 Å². The molecule has 0 unspecified atom stereocenters. The van der Waals surface area contributed by atoms with Crippen molar-refractivity contribution in [3.8, 4) is 22.9 Å². The Morgan fingerprint density at radius 1 is 1.00 bits per heavy atom. The molecule has 0 spiro atoms. The van der Waals surface area contributed by atoms with Crippen molar-refractivity contribution in [1.29, 1.82) is 5.26 Å². The van der Waals surface area contributed by atoms with Crippen LogP contribution in [0, 0.1) is 16.7 Å². The number of primary sulfonamides is 1. The monoisotopic (exact) mass is 481 g/mol. The fourth-order valence-electron chi connectivity index (χ4n) is 4.30. The van der Waals surface area contributed by atoms with Gasteiger partial charge in [0.15, 0.2) is 5.78 Å². The van der Waals surface area contributed by atoms with Gasteiger partial charge in [-0.1, -0.05) is 37.6 Å². The Labute approximate surface area is 196 Å². The van der Waals surface area contributed by atoms with E-state index >= 15 is 0 Å². The molecule has 3 aromatic rings. The van der Waals surface area contributed by atoms with Crippen molar-refractivity contribution < 1.29 is 13.2 Å². The molecule has 0 radical (unpaired) electrons. The molecule has 0 atom stereocenters. The Bertz CT molecular complexity index is 1500. The van der Waals surface area contributed by atoms with Gasteiger partial charge in [0.25, 0.3) is 5.56 Å². The first-order valence-corrected chi connectivity index (χ1v) is 12.0. The summed E-state index contributed by atoms with van der Waals surface area (Å²) in [5.74, 6) is -0.169. The number of pyridine rings is 1. The van der Waals surface area contributed by atoms with Gasteiger partial charge < -0.3 is 0 Å². The van der Waals surface area contributed by atoms with Crippen LogP contribution < -0.4 is 10.7 Å². The first kappa shape index (κ1) is 22.9. The van der Waals surface area contributed by atoms with Gasteiger partial charge in [0, 0.05) is 34.0 Å². The number of rotatable bonds is 3. The summed E-state index contributed by atoms with van der Waals surface area (Å²) in [7, 11) is -3.92. The second-order valence-electron chi connectivity index (χ2n) is 8.81. The average Bonchev–Trinajstić information content (AvgIpc) is 2.72. The Balaban J connectivity index is 2.10. The van der Waals surface area contributed by atoms with Crippen molar-refractivity contribution in [3.63, 3.8) is 0 Å². The molecule has 2 aromatic carbocycles. The van der Waals surface area contributed by atoms with E-state index in [-0.39, 0.29) is 22.7 Å². The molecule has 0 bridgehead atoms. The Morgan fingerprint density at radius 3 is 2.15 bits per heavy atom. The summed E-state index contributed by atoms with van der Waals surface area (Å²) < 4.78 is 24.6. The minimum absolute atomic E-state index is 0.108. The standard InChI is InChI=1S/C24H20ClN3O4S/c1-24(2)11-19-22(20(29)12-24)21(14-3-5-15(25)6-4-14)18(13-26)23(30)28(19)16-7-9-17(10-8-16)33(27,31)32/h3-10H,11-12H2,1-2H3,(H2,27,31,32). The number of carbonyl (C=O) groups excluding carboxylic acids is 1. The van der Waals surface area contributed by atoms with Crippen molar-refractivity contribution in [2.75, 3.05) is 0 Å². The number of aromatic nitrogens is 1. The maximum atomic E-state index is 13.6. The summed E-state index contributed by atoms with van der Waals surface area (Å²) in [5, 5.41) is 15.6. The number of benzene rings is 2. The number of Topliss-reactive ketones (excluding diaryl/α,β-unsaturated/α-hetero) is 1. The van der Waals surface area contributed by atoms with Gasteiger partial charge in [-0.2, -0.15) is 5.26 Å². The van der Waals surface area contributed by atoms with Crippen LogP contribution >= 0.6 is 11.6 Å². The van der Waals surface area contributed by atoms with Crippen LogP contribution in [0.25, 0.3) is 16.8 Å². The van der Waals surface area contributed by atoms with Crippen LogP contribution in [0.2, 0.25) is 5.02 Å². The quantitative estimate of drug-likeness (QED) is 0.608. The van der Waals surface area contributed by atoms with Gasteiger partial charge in [-0.25, -0.2) is 13.6 Å². The molecule has 0 aliphatic heterocycles. The highest BCUT2D eigenvalue weighted by Crippen LogP contribution is 2.40. The van der Waals surface area contributed by atoms with Crippen molar-refractivity contribution >= 4 is 27.4 Å². The molecule has 9 heteroatoms. The van der Waals surface area contributed by atoms with E-state index in [0.29, 0.717) is 39.5 Å². The minimum Gasteiger partial charge on any atom is -0.294 e. The van der Waals surface area contributed by atoms with Gasteiger partial charge in [-0.05, 0) is 53.8 Å². The van der Waals surface area contributed by atoms with Gasteiger partial charge in [0.05, 0.1) is 4.90 Å². The van der Waals surface area contributed by atoms with E-state index in [2.05, 4.69) is 0 Å². The van der Waals surface area contributed by atoms with Gasteiger partial charge in [0.2, 0.25) is 10.0 Å². The van der Waals surface area contributed by atoms with Crippen molar-refractivity contribution in [1.82, 2.24) is 4.57 Å². The molecule has 1 aliphatic carbocycles. The molecule has 0 saturated heterocycles. The average molecular weight is 482 g/mol. The van der Waals surface area contributed by atoms with Gasteiger partial charge >= 0.3 is 0 Å². The Morgan fingerprint density at radius 2 is 1.61 bits per heavy atom. The summed E-state index contributed by atoms with van der Waals surface area (Å²) in [6.45, 7) is 3.87. The molecule has 0 amide bonds. The minimum atomic E-state index is -3.92. The second-order valence-corrected chi connectivity index (χ2v) is 10.8. The van der Waals surface area contributed by atoms with Crippen LogP contribution in [-0.2, 0) is 16.4 Å². The first-order chi connectivity index (χ1) is 15.4. The number of nitrogens with zero attached hydrogens (tertiary/aromatic N) is 2. The van der Waals surface area contributed by atoms with Crippen LogP contribution in [-0.4, -0.2) is 18.8 Å². The van der Waals surface area contributed by atoms with Crippen LogP contribution in [0.15, 0.2) is 58.2 Å². The van der Waals surface area contributed by atoms with Crippen molar-refractivity contribution in [3.05, 3.63) is 80.7 Å². The van der Waals surface area contributed by atoms with Crippen LogP contribution in [0.3, 0.4) is 0 Å². The molecule has 2 N–H and O–H groups in total. The largest absolute Gasteiger partial charge is 0.294 e. The van der Waals surface area contributed by atoms with E-state index in [1.807, 2.05) is 19.9 Å². The molecule has 33 heavy (non-hydrogen) atoms. The highest BCUT2D eigenvalue weighted by atomic mass is 35.5. The zero-order chi connectivity index (χ0) is 24.1. The molecule has 1 heterocycles. The highest BCUT2D eigenvalue weighted by Gasteiger charge is 2.37. The molecule has 168 valence electrons. The Kier molecular flexibility index (Phi) is 5.53. The molecule has 0 fully saturated rings. The maximum Gasteiger partial charge on any atom is 0.273 e. The van der Waals surface area contributed by atoms with Gasteiger partial charge in [0.1, 0.15) is 11.6 Å². The van der Waals surface area contributed by atoms with E-state index in [1.165, 1.54) is 28.8 Å². The zero-order valence-electron chi connectivity index (χ0n) is 17.9. The number of hydrogen-bond donors (Lipinski definition) is 1. The molecule has 0 saturated carbocycles. The molecule has 1 aliphatic rings. The summed E-state index contributed by atoms with van der Waals surface area (Å²) >= 11 is 6.01. The van der Waals surface area contributed by atoms with Crippen LogP contribution in [0.5, 0.6) is 0 Å². The van der Waals surface area contributed by atoms with E-state index < -0.39 is 21.0 Å². The van der Waals surface area contributed by atoms with Crippen molar-refractivity contribution in [2.24, 2.45) is 10.6 Å². The number of nitriles is 1. The SMILES string of the molecule is CC1(C)CC(=O)c2c(-c3ccc(Cl)cc3)c(C#N)c(=O)n(-c3ccc(S(N)(=O)=O)cc3)c2C1. The summed E-state index contributed by atoms with van der Waals surface area (Å²) in [6.07, 6.45) is 0.667. The lowest BCUT2D eigenvalue weighted by Crippen LogP contribution is -2.36.